The number of nitrogens with zero attached hydrogens (tertiary/aromatic N) is 1. The number of aryl methyl sites for hydroxylation is 2. The molecule has 2 nitrogen and oxygen atoms in total. The van der Waals surface area contributed by atoms with Crippen molar-refractivity contribution in [1.29, 1.82) is 0 Å². The van der Waals surface area contributed by atoms with E-state index in [0.717, 1.165) is 12.1 Å². The lowest BCUT2D eigenvalue weighted by atomic mass is 10.0. The monoisotopic (exact) mass is 284 g/mol. The van der Waals surface area contributed by atoms with Gasteiger partial charge in [0.15, 0.2) is 0 Å². The number of pyridine rings is 1. The van der Waals surface area contributed by atoms with Gasteiger partial charge in [-0.1, -0.05) is 6.07 Å². The number of aromatic nitrogens is 1. The molecule has 0 aliphatic rings. The zero-order valence-electron chi connectivity index (χ0n) is 10.8. The van der Waals surface area contributed by atoms with Gasteiger partial charge in [0, 0.05) is 5.56 Å². The molecule has 106 valence electrons. The summed E-state index contributed by atoms with van der Waals surface area (Å²) in [7, 11) is 0. The van der Waals surface area contributed by atoms with Crippen LogP contribution in [0.1, 0.15) is 16.7 Å². The summed E-state index contributed by atoms with van der Waals surface area (Å²) in [6.45, 7) is 3.32. The van der Waals surface area contributed by atoms with Gasteiger partial charge in [0.1, 0.15) is 11.6 Å². The number of nitrogens with two attached hydrogens (primary N) is 1. The smallest absolute Gasteiger partial charge is 0.384 e. The molecule has 6 heteroatoms. The van der Waals surface area contributed by atoms with E-state index in [1.54, 1.807) is 19.9 Å². The molecule has 0 saturated heterocycles. The Morgan fingerprint density at radius 1 is 1.05 bits per heavy atom. The maximum atomic E-state index is 14.0. The minimum absolute atomic E-state index is 0.0356. The van der Waals surface area contributed by atoms with E-state index in [-0.39, 0.29) is 17.1 Å². The highest BCUT2D eigenvalue weighted by Gasteiger charge is 2.32. The molecule has 0 fully saturated rings. The van der Waals surface area contributed by atoms with E-state index in [0.29, 0.717) is 11.1 Å². The highest BCUT2D eigenvalue weighted by atomic mass is 19.4. The van der Waals surface area contributed by atoms with Crippen molar-refractivity contribution in [2.75, 3.05) is 5.73 Å². The Bertz CT molecular complexity index is 640. The fourth-order valence-corrected chi connectivity index (χ4v) is 2.08. The Kier molecular flexibility index (Phi) is 3.41. The van der Waals surface area contributed by atoms with Crippen LogP contribution in [-0.2, 0) is 6.18 Å². The second-order valence-electron chi connectivity index (χ2n) is 4.60. The largest absolute Gasteiger partial charge is 0.416 e. The van der Waals surface area contributed by atoms with Gasteiger partial charge in [-0.2, -0.15) is 13.2 Å². The van der Waals surface area contributed by atoms with Crippen molar-refractivity contribution >= 4 is 5.82 Å². The zero-order chi connectivity index (χ0) is 15.1. The summed E-state index contributed by atoms with van der Waals surface area (Å²) >= 11 is 0. The summed E-state index contributed by atoms with van der Waals surface area (Å²) in [5.74, 6) is -0.914. The third kappa shape index (κ3) is 2.74. The molecule has 0 spiro atoms. The van der Waals surface area contributed by atoms with Crippen LogP contribution in [0.5, 0.6) is 0 Å². The Labute approximate surface area is 113 Å². The average molecular weight is 284 g/mol. The number of rotatable bonds is 1. The Morgan fingerprint density at radius 3 is 2.25 bits per heavy atom. The number of alkyl halides is 3. The van der Waals surface area contributed by atoms with E-state index in [4.69, 9.17) is 5.73 Å². The average Bonchev–Trinajstić information content (AvgIpc) is 2.25. The second kappa shape index (κ2) is 4.77. The van der Waals surface area contributed by atoms with Gasteiger partial charge < -0.3 is 5.73 Å². The summed E-state index contributed by atoms with van der Waals surface area (Å²) in [4.78, 5) is 3.81. The minimum Gasteiger partial charge on any atom is -0.384 e. The van der Waals surface area contributed by atoms with Crippen LogP contribution < -0.4 is 5.73 Å². The van der Waals surface area contributed by atoms with E-state index in [2.05, 4.69) is 4.98 Å². The van der Waals surface area contributed by atoms with E-state index < -0.39 is 17.6 Å². The van der Waals surface area contributed by atoms with Crippen LogP contribution in [0.2, 0.25) is 0 Å². The molecule has 0 atom stereocenters. The van der Waals surface area contributed by atoms with Gasteiger partial charge in [0.2, 0.25) is 0 Å². The summed E-state index contributed by atoms with van der Waals surface area (Å²) in [5, 5.41) is 0. The van der Waals surface area contributed by atoms with Crippen LogP contribution in [-0.4, -0.2) is 4.98 Å². The van der Waals surface area contributed by atoms with E-state index in [9.17, 15) is 17.6 Å². The van der Waals surface area contributed by atoms with Crippen molar-refractivity contribution in [1.82, 2.24) is 4.98 Å². The fraction of sp³-hybridized carbons (Fsp3) is 0.214. The molecule has 0 radical (unpaired) electrons. The number of hydrogen-bond donors (Lipinski definition) is 1. The summed E-state index contributed by atoms with van der Waals surface area (Å²) in [6, 6.07) is 4.46. The summed E-state index contributed by atoms with van der Waals surface area (Å²) in [6.07, 6.45) is -4.55. The highest BCUT2D eigenvalue weighted by molar-refractivity contribution is 5.67. The van der Waals surface area contributed by atoms with Crippen molar-refractivity contribution in [3.05, 3.63) is 46.8 Å². The second-order valence-corrected chi connectivity index (χ2v) is 4.60. The SMILES string of the molecule is Cc1cc(C)c(-c2cc(C(F)(F)F)cc(N)n2)c(F)c1. The molecule has 0 unspecified atom stereocenters. The molecule has 20 heavy (non-hydrogen) atoms. The molecule has 1 aromatic carbocycles. The Morgan fingerprint density at radius 2 is 1.70 bits per heavy atom. The lowest BCUT2D eigenvalue weighted by Crippen LogP contribution is -2.08. The van der Waals surface area contributed by atoms with Gasteiger partial charge in [0.25, 0.3) is 0 Å². The summed E-state index contributed by atoms with van der Waals surface area (Å²) in [5.41, 5.74) is 5.55. The first-order chi connectivity index (χ1) is 9.18. The molecular formula is C14H12F4N2. The molecule has 0 aliphatic carbocycles. The Hall–Kier alpha value is -2.11. The molecule has 2 aromatic rings. The molecule has 2 rings (SSSR count). The quantitative estimate of drug-likeness (QED) is 0.800. The lowest BCUT2D eigenvalue weighted by molar-refractivity contribution is -0.137. The van der Waals surface area contributed by atoms with Gasteiger partial charge in [-0.05, 0) is 43.2 Å². The maximum Gasteiger partial charge on any atom is 0.416 e. The minimum atomic E-state index is -4.55. The number of nitrogen functional groups attached to an aromatic ring is 1. The molecule has 0 aliphatic heterocycles. The van der Waals surface area contributed by atoms with Crippen molar-refractivity contribution in [2.24, 2.45) is 0 Å². The molecule has 0 amide bonds. The standard InChI is InChI=1S/C14H12F4N2/c1-7-3-8(2)13(10(15)4-7)11-5-9(14(16,17)18)6-12(19)20-11/h3-6H,1-2H3,(H2,19,20). The first-order valence-corrected chi connectivity index (χ1v) is 5.80. The van der Waals surface area contributed by atoms with E-state index in [1.165, 1.54) is 6.07 Å². The van der Waals surface area contributed by atoms with Crippen molar-refractivity contribution in [3.8, 4) is 11.3 Å². The van der Waals surface area contributed by atoms with Gasteiger partial charge >= 0.3 is 6.18 Å². The lowest BCUT2D eigenvalue weighted by Gasteiger charge is -2.12. The first-order valence-electron chi connectivity index (χ1n) is 5.80. The molecular weight excluding hydrogens is 272 g/mol. The zero-order valence-corrected chi connectivity index (χ0v) is 10.8. The predicted molar refractivity (Wildman–Crippen MR) is 68.5 cm³/mol. The van der Waals surface area contributed by atoms with Gasteiger partial charge in [-0.15, -0.1) is 0 Å². The van der Waals surface area contributed by atoms with Crippen molar-refractivity contribution < 1.29 is 17.6 Å². The molecule has 2 N–H and O–H groups in total. The molecule has 0 bridgehead atoms. The van der Waals surface area contributed by atoms with E-state index >= 15 is 0 Å². The Balaban J connectivity index is 2.68. The van der Waals surface area contributed by atoms with Crippen LogP contribution >= 0.6 is 0 Å². The highest BCUT2D eigenvalue weighted by Crippen LogP contribution is 2.34. The molecule has 1 heterocycles. The van der Waals surface area contributed by atoms with Crippen LogP contribution in [0.25, 0.3) is 11.3 Å². The van der Waals surface area contributed by atoms with E-state index in [1.807, 2.05) is 0 Å². The van der Waals surface area contributed by atoms with Crippen LogP contribution in [0.3, 0.4) is 0 Å². The van der Waals surface area contributed by atoms with Gasteiger partial charge in [-0.25, -0.2) is 9.37 Å². The first kappa shape index (κ1) is 14.3. The van der Waals surface area contributed by atoms with Gasteiger partial charge in [0.05, 0.1) is 11.3 Å². The predicted octanol–water partition coefficient (Wildman–Crippen LogP) is 4.11. The fourth-order valence-electron chi connectivity index (χ4n) is 2.08. The van der Waals surface area contributed by atoms with Crippen molar-refractivity contribution in [2.45, 2.75) is 20.0 Å². The number of hydrogen-bond acceptors (Lipinski definition) is 2. The maximum absolute atomic E-state index is 14.0. The number of benzene rings is 1. The van der Waals surface area contributed by atoms with Crippen LogP contribution in [0.15, 0.2) is 24.3 Å². The topological polar surface area (TPSA) is 38.9 Å². The number of anilines is 1. The van der Waals surface area contributed by atoms with Crippen LogP contribution in [0.4, 0.5) is 23.4 Å². The molecule has 1 aromatic heterocycles. The number of halogens is 4. The van der Waals surface area contributed by atoms with Gasteiger partial charge in [-0.3, -0.25) is 0 Å². The third-order valence-corrected chi connectivity index (χ3v) is 2.86. The molecule has 0 saturated carbocycles. The third-order valence-electron chi connectivity index (χ3n) is 2.86. The normalized spacial score (nSPS) is 11.7. The summed E-state index contributed by atoms with van der Waals surface area (Å²) < 4.78 is 52.3. The van der Waals surface area contributed by atoms with Crippen molar-refractivity contribution in [3.63, 3.8) is 0 Å². The van der Waals surface area contributed by atoms with Crippen LogP contribution in [0, 0.1) is 19.7 Å².